The molecule has 0 fully saturated rings. The molecule has 0 spiro atoms. The molecular formula is C12H16F3N3O. The number of carbonyl (C=O) groups is 1. The van der Waals surface area contributed by atoms with Crippen molar-refractivity contribution in [2.24, 2.45) is 5.73 Å². The molecule has 0 radical (unpaired) electrons. The summed E-state index contributed by atoms with van der Waals surface area (Å²) in [5.74, 6) is -0.493. The molecule has 1 rings (SSSR count). The van der Waals surface area contributed by atoms with E-state index in [4.69, 9.17) is 5.73 Å². The fourth-order valence-corrected chi connectivity index (χ4v) is 1.53. The third-order valence-electron chi connectivity index (χ3n) is 2.34. The van der Waals surface area contributed by atoms with Crippen LogP contribution in [0.5, 0.6) is 0 Å². The van der Waals surface area contributed by atoms with Crippen LogP contribution >= 0.6 is 0 Å². The molecule has 0 aliphatic heterocycles. The zero-order valence-corrected chi connectivity index (χ0v) is 10.5. The lowest BCUT2D eigenvalue weighted by Gasteiger charge is -2.17. The van der Waals surface area contributed by atoms with E-state index in [2.05, 4.69) is 5.32 Å². The first-order valence-electron chi connectivity index (χ1n) is 5.64. The van der Waals surface area contributed by atoms with Gasteiger partial charge < -0.3 is 11.1 Å². The highest BCUT2D eigenvalue weighted by molar-refractivity contribution is 5.92. The van der Waals surface area contributed by atoms with Crippen LogP contribution in [0.4, 0.5) is 18.9 Å². The molecule has 4 nitrogen and oxygen atoms in total. The van der Waals surface area contributed by atoms with E-state index in [0.29, 0.717) is 12.2 Å². The van der Waals surface area contributed by atoms with E-state index in [9.17, 15) is 18.0 Å². The lowest BCUT2D eigenvalue weighted by Crippen LogP contribution is -2.36. The maximum Gasteiger partial charge on any atom is 0.401 e. The number of nitrogens with zero attached hydrogens (tertiary/aromatic N) is 1. The van der Waals surface area contributed by atoms with Crippen molar-refractivity contribution < 1.29 is 18.0 Å². The number of carbonyl (C=O) groups excluding carboxylic acids is 1. The van der Waals surface area contributed by atoms with Gasteiger partial charge in [0.1, 0.15) is 0 Å². The van der Waals surface area contributed by atoms with Gasteiger partial charge in [-0.3, -0.25) is 9.69 Å². The van der Waals surface area contributed by atoms with E-state index in [1.165, 1.54) is 7.05 Å². The number of halogens is 3. The largest absolute Gasteiger partial charge is 0.401 e. The van der Waals surface area contributed by atoms with Crippen molar-refractivity contribution in [3.05, 3.63) is 29.8 Å². The second kappa shape index (κ2) is 6.53. The molecule has 3 N–H and O–H groups in total. The van der Waals surface area contributed by atoms with Crippen molar-refractivity contribution in [3.63, 3.8) is 0 Å². The molecule has 0 atom stereocenters. The predicted octanol–water partition coefficient (Wildman–Crippen LogP) is 1.58. The summed E-state index contributed by atoms with van der Waals surface area (Å²) in [5, 5.41) is 2.52. The molecule has 0 heterocycles. The highest BCUT2D eigenvalue weighted by Crippen LogP contribution is 2.15. The van der Waals surface area contributed by atoms with Gasteiger partial charge in [0, 0.05) is 12.2 Å². The summed E-state index contributed by atoms with van der Waals surface area (Å²) < 4.78 is 36.2. The van der Waals surface area contributed by atoms with Gasteiger partial charge in [-0.2, -0.15) is 13.2 Å². The van der Waals surface area contributed by atoms with E-state index in [-0.39, 0.29) is 6.54 Å². The quantitative estimate of drug-likeness (QED) is 0.857. The Bertz CT molecular complexity index is 417. The number of nitrogens with one attached hydrogen (secondary N) is 1. The van der Waals surface area contributed by atoms with Gasteiger partial charge in [0.2, 0.25) is 5.91 Å². The number of alkyl halides is 3. The molecule has 0 unspecified atom stereocenters. The van der Waals surface area contributed by atoms with Crippen molar-refractivity contribution in [1.29, 1.82) is 0 Å². The number of likely N-dealkylation sites (N-methyl/N-ethyl adjacent to an activating group) is 1. The molecular weight excluding hydrogens is 259 g/mol. The van der Waals surface area contributed by atoms with Crippen LogP contribution in [-0.4, -0.2) is 37.1 Å². The minimum absolute atomic E-state index is 0.321. The molecule has 0 saturated carbocycles. The Hall–Kier alpha value is -1.60. The van der Waals surface area contributed by atoms with Crippen LogP contribution in [0.15, 0.2) is 24.3 Å². The van der Waals surface area contributed by atoms with Crippen LogP contribution < -0.4 is 11.1 Å². The van der Waals surface area contributed by atoms with Crippen LogP contribution in [0, 0.1) is 0 Å². The van der Waals surface area contributed by atoms with E-state index in [0.717, 1.165) is 10.5 Å². The van der Waals surface area contributed by atoms with E-state index in [1.807, 2.05) is 0 Å². The topological polar surface area (TPSA) is 58.4 Å². The Morgan fingerprint density at radius 1 is 1.32 bits per heavy atom. The van der Waals surface area contributed by atoms with Crippen LogP contribution in [0.1, 0.15) is 5.56 Å². The number of amides is 1. The molecule has 106 valence electrons. The first-order valence-corrected chi connectivity index (χ1v) is 5.64. The normalized spacial score (nSPS) is 11.7. The molecule has 1 aromatic carbocycles. The number of benzene rings is 1. The molecule has 0 aliphatic carbocycles. The predicted molar refractivity (Wildman–Crippen MR) is 66.5 cm³/mol. The van der Waals surface area contributed by atoms with E-state index in [1.54, 1.807) is 24.3 Å². The zero-order valence-electron chi connectivity index (χ0n) is 10.5. The van der Waals surface area contributed by atoms with Crippen molar-refractivity contribution >= 4 is 11.6 Å². The van der Waals surface area contributed by atoms with Gasteiger partial charge in [0.05, 0.1) is 13.1 Å². The second-order valence-electron chi connectivity index (χ2n) is 4.24. The van der Waals surface area contributed by atoms with Crippen LogP contribution in [-0.2, 0) is 11.3 Å². The molecule has 19 heavy (non-hydrogen) atoms. The molecule has 1 amide bonds. The zero-order chi connectivity index (χ0) is 14.5. The minimum Gasteiger partial charge on any atom is -0.326 e. The summed E-state index contributed by atoms with van der Waals surface area (Å²) in [5.41, 5.74) is 6.86. The van der Waals surface area contributed by atoms with Crippen molar-refractivity contribution in [1.82, 2.24) is 4.90 Å². The number of nitrogens with two attached hydrogens (primary N) is 1. The molecule has 7 heteroatoms. The van der Waals surface area contributed by atoms with Gasteiger partial charge in [0.25, 0.3) is 0 Å². The van der Waals surface area contributed by atoms with Crippen LogP contribution in [0.25, 0.3) is 0 Å². The van der Waals surface area contributed by atoms with Gasteiger partial charge in [-0.15, -0.1) is 0 Å². The molecule has 1 aromatic rings. The van der Waals surface area contributed by atoms with E-state index >= 15 is 0 Å². The summed E-state index contributed by atoms with van der Waals surface area (Å²) in [4.78, 5) is 12.4. The smallest absolute Gasteiger partial charge is 0.326 e. The first kappa shape index (κ1) is 15.5. The summed E-state index contributed by atoms with van der Waals surface area (Å²) in [6.45, 7) is -1.05. The van der Waals surface area contributed by atoms with Gasteiger partial charge in [-0.05, 0) is 24.7 Å². The van der Waals surface area contributed by atoms with Gasteiger partial charge in [0.15, 0.2) is 0 Å². The number of hydrogen-bond donors (Lipinski definition) is 2. The molecule has 0 aliphatic rings. The average Bonchev–Trinajstić information content (AvgIpc) is 2.27. The SMILES string of the molecule is CN(CC(=O)Nc1ccc(CN)cc1)CC(F)(F)F. The highest BCUT2D eigenvalue weighted by atomic mass is 19.4. The fourth-order valence-electron chi connectivity index (χ4n) is 1.53. The Morgan fingerprint density at radius 3 is 2.37 bits per heavy atom. The fraction of sp³-hybridized carbons (Fsp3) is 0.417. The van der Waals surface area contributed by atoms with Gasteiger partial charge >= 0.3 is 6.18 Å². The standard InChI is InChI=1S/C12H16F3N3O/c1-18(8-12(13,14)15)7-11(19)17-10-4-2-9(6-16)3-5-10/h2-5H,6-8,16H2,1H3,(H,17,19). The summed E-state index contributed by atoms with van der Waals surface area (Å²) in [7, 11) is 1.24. The Kier molecular flexibility index (Phi) is 5.31. The summed E-state index contributed by atoms with van der Waals surface area (Å²) >= 11 is 0. The first-order chi connectivity index (χ1) is 8.80. The van der Waals surface area contributed by atoms with Gasteiger partial charge in [-0.25, -0.2) is 0 Å². The third kappa shape index (κ3) is 6.21. The lowest BCUT2D eigenvalue weighted by atomic mass is 10.2. The van der Waals surface area contributed by atoms with Crippen molar-refractivity contribution in [2.45, 2.75) is 12.7 Å². The second-order valence-corrected chi connectivity index (χ2v) is 4.24. The molecule has 0 bridgehead atoms. The minimum atomic E-state index is -4.31. The van der Waals surface area contributed by atoms with Crippen LogP contribution in [0.2, 0.25) is 0 Å². The molecule has 0 aromatic heterocycles. The third-order valence-corrected chi connectivity index (χ3v) is 2.34. The Labute approximate surface area is 109 Å². The maximum absolute atomic E-state index is 12.1. The van der Waals surface area contributed by atoms with Crippen molar-refractivity contribution in [2.75, 3.05) is 25.5 Å². The van der Waals surface area contributed by atoms with Crippen molar-refractivity contribution in [3.8, 4) is 0 Å². The summed E-state index contributed by atoms with van der Waals surface area (Å²) in [6, 6.07) is 6.80. The number of rotatable bonds is 5. The molecule has 0 saturated heterocycles. The average molecular weight is 275 g/mol. The highest BCUT2D eigenvalue weighted by Gasteiger charge is 2.29. The number of hydrogen-bond acceptors (Lipinski definition) is 3. The Morgan fingerprint density at radius 2 is 1.89 bits per heavy atom. The summed E-state index contributed by atoms with van der Waals surface area (Å²) in [6.07, 6.45) is -4.31. The number of anilines is 1. The monoisotopic (exact) mass is 275 g/mol. The van der Waals surface area contributed by atoms with E-state index < -0.39 is 18.6 Å². The van der Waals surface area contributed by atoms with Crippen LogP contribution in [0.3, 0.4) is 0 Å². The van der Waals surface area contributed by atoms with Gasteiger partial charge in [-0.1, -0.05) is 12.1 Å². The Balaban J connectivity index is 2.46. The lowest BCUT2D eigenvalue weighted by molar-refractivity contribution is -0.145. The maximum atomic E-state index is 12.1.